The van der Waals surface area contributed by atoms with E-state index >= 15 is 0 Å². The number of hydrogen-bond acceptors (Lipinski definition) is 3. The van der Waals surface area contributed by atoms with E-state index in [-0.39, 0.29) is 11.2 Å². The van der Waals surface area contributed by atoms with E-state index in [1.165, 1.54) is 6.07 Å². The maximum absolute atomic E-state index is 13.5. The van der Waals surface area contributed by atoms with Gasteiger partial charge in [0.2, 0.25) is 0 Å². The van der Waals surface area contributed by atoms with E-state index in [9.17, 15) is 4.39 Å². The molecule has 2 N–H and O–H groups in total. The maximum Gasteiger partial charge on any atom is 0.191 e. The van der Waals surface area contributed by atoms with Crippen molar-refractivity contribution in [3.8, 4) is 0 Å². The third kappa shape index (κ3) is 6.57. The third-order valence-electron chi connectivity index (χ3n) is 4.82. The molecule has 1 saturated heterocycles. The lowest BCUT2D eigenvalue weighted by Crippen LogP contribution is -2.46. The summed E-state index contributed by atoms with van der Waals surface area (Å²) in [5.41, 5.74) is 0.778. The van der Waals surface area contributed by atoms with Crippen LogP contribution >= 0.6 is 0 Å². The molecule has 1 aromatic rings. The van der Waals surface area contributed by atoms with Crippen LogP contribution in [-0.4, -0.2) is 63.8 Å². The van der Waals surface area contributed by atoms with Gasteiger partial charge >= 0.3 is 0 Å². The van der Waals surface area contributed by atoms with Crippen molar-refractivity contribution in [2.75, 3.05) is 53.0 Å². The number of halogens is 1. The van der Waals surface area contributed by atoms with Crippen molar-refractivity contribution in [1.82, 2.24) is 15.5 Å². The Hall–Kier alpha value is -1.66. The summed E-state index contributed by atoms with van der Waals surface area (Å²) in [6.07, 6.45) is 0. The average Bonchev–Trinajstić information content (AvgIpc) is 2.62. The quantitative estimate of drug-likeness (QED) is 0.575. The summed E-state index contributed by atoms with van der Waals surface area (Å²) in [5, 5.41) is 6.77. The minimum Gasteiger partial charge on any atom is -0.379 e. The van der Waals surface area contributed by atoms with Gasteiger partial charge in [-0.2, -0.15) is 0 Å². The number of nitrogens with one attached hydrogen (secondary N) is 2. The van der Waals surface area contributed by atoms with Crippen molar-refractivity contribution in [2.45, 2.75) is 26.2 Å². The van der Waals surface area contributed by atoms with Gasteiger partial charge in [-0.25, -0.2) is 4.39 Å². The predicted octanol–water partition coefficient (Wildman–Crippen LogP) is 2.24. The molecule has 0 amide bonds. The number of hydrogen-bond donors (Lipinski definition) is 2. The second-order valence-corrected chi connectivity index (χ2v) is 7.72. The molecule has 2 rings (SSSR count). The predicted molar refractivity (Wildman–Crippen MR) is 105 cm³/mol. The first-order valence-corrected chi connectivity index (χ1v) is 9.41. The first-order chi connectivity index (χ1) is 12.4. The number of ether oxygens (including phenoxy) is 1. The fraction of sp³-hybridized carbons (Fsp3) is 0.650. The van der Waals surface area contributed by atoms with Crippen LogP contribution < -0.4 is 10.6 Å². The molecule has 1 aromatic carbocycles. The van der Waals surface area contributed by atoms with Crippen LogP contribution in [0.1, 0.15) is 26.3 Å². The molecule has 146 valence electrons. The molecular weight excluding hydrogens is 331 g/mol. The van der Waals surface area contributed by atoms with Gasteiger partial charge in [-0.3, -0.25) is 9.89 Å². The molecule has 0 saturated carbocycles. The zero-order chi connectivity index (χ0) is 19.0. The van der Waals surface area contributed by atoms with E-state index in [4.69, 9.17) is 4.74 Å². The largest absolute Gasteiger partial charge is 0.379 e. The summed E-state index contributed by atoms with van der Waals surface area (Å²) in [5.74, 6) is 1.10. The molecule has 0 radical (unpaired) electrons. The SMILES string of the molecule is CN=C(NCC(C)CN1CCOCC1)NCC(C)(C)c1cccc(F)c1. The summed E-state index contributed by atoms with van der Waals surface area (Å²) in [7, 11) is 1.77. The fourth-order valence-corrected chi connectivity index (χ4v) is 3.10. The molecule has 0 aliphatic carbocycles. The molecule has 6 heteroatoms. The van der Waals surface area contributed by atoms with Crippen LogP contribution in [-0.2, 0) is 10.2 Å². The third-order valence-corrected chi connectivity index (χ3v) is 4.82. The van der Waals surface area contributed by atoms with Crippen molar-refractivity contribution in [1.29, 1.82) is 0 Å². The van der Waals surface area contributed by atoms with Crippen LogP contribution in [0, 0.1) is 11.7 Å². The Kier molecular flexibility index (Phi) is 7.85. The number of benzene rings is 1. The lowest BCUT2D eigenvalue weighted by atomic mass is 9.84. The molecular formula is C20H33FN4O. The van der Waals surface area contributed by atoms with Gasteiger partial charge in [-0.15, -0.1) is 0 Å². The molecule has 1 aliphatic rings. The lowest BCUT2D eigenvalue weighted by Gasteiger charge is -2.30. The molecule has 5 nitrogen and oxygen atoms in total. The van der Waals surface area contributed by atoms with Crippen molar-refractivity contribution in [3.63, 3.8) is 0 Å². The molecule has 26 heavy (non-hydrogen) atoms. The van der Waals surface area contributed by atoms with Crippen molar-refractivity contribution in [2.24, 2.45) is 10.9 Å². The van der Waals surface area contributed by atoms with E-state index in [1.54, 1.807) is 19.2 Å². The Morgan fingerprint density at radius 2 is 2.04 bits per heavy atom. The van der Waals surface area contributed by atoms with Crippen LogP contribution in [0.4, 0.5) is 4.39 Å². The van der Waals surface area contributed by atoms with Gasteiger partial charge in [0.25, 0.3) is 0 Å². The van der Waals surface area contributed by atoms with Crippen molar-refractivity contribution < 1.29 is 9.13 Å². The van der Waals surface area contributed by atoms with Gasteiger partial charge in [-0.1, -0.05) is 32.9 Å². The van der Waals surface area contributed by atoms with Crippen LogP contribution in [0.5, 0.6) is 0 Å². The summed E-state index contributed by atoms with van der Waals surface area (Å²) >= 11 is 0. The smallest absolute Gasteiger partial charge is 0.191 e. The molecule has 1 unspecified atom stereocenters. The number of aliphatic imine (C=N–C) groups is 1. The fourth-order valence-electron chi connectivity index (χ4n) is 3.10. The van der Waals surface area contributed by atoms with E-state index in [1.807, 2.05) is 6.07 Å². The number of guanidine groups is 1. The Balaban J connectivity index is 1.78. The van der Waals surface area contributed by atoms with Crippen LogP contribution in [0.2, 0.25) is 0 Å². The highest BCUT2D eigenvalue weighted by Gasteiger charge is 2.21. The van der Waals surface area contributed by atoms with E-state index < -0.39 is 0 Å². The minimum atomic E-state index is -0.199. The summed E-state index contributed by atoms with van der Waals surface area (Å²) in [6, 6.07) is 6.80. The maximum atomic E-state index is 13.5. The topological polar surface area (TPSA) is 48.9 Å². The van der Waals surface area contributed by atoms with E-state index in [2.05, 4.69) is 41.3 Å². The highest BCUT2D eigenvalue weighted by Crippen LogP contribution is 2.22. The van der Waals surface area contributed by atoms with Crippen LogP contribution in [0.25, 0.3) is 0 Å². The normalized spacial score (nSPS) is 17.8. The Labute approximate surface area is 157 Å². The lowest BCUT2D eigenvalue weighted by molar-refractivity contribution is 0.0320. The first-order valence-electron chi connectivity index (χ1n) is 9.41. The number of morpholine rings is 1. The van der Waals surface area contributed by atoms with Gasteiger partial charge in [0.05, 0.1) is 13.2 Å². The van der Waals surface area contributed by atoms with Crippen molar-refractivity contribution in [3.05, 3.63) is 35.6 Å². The summed E-state index contributed by atoms with van der Waals surface area (Å²) in [4.78, 5) is 6.75. The Bertz CT molecular complexity index is 585. The molecule has 1 heterocycles. The van der Waals surface area contributed by atoms with E-state index in [0.29, 0.717) is 12.5 Å². The minimum absolute atomic E-state index is 0.195. The van der Waals surface area contributed by atoms with Crippen LogP contribution in [0.3, 0.4) is 0 Å². The van der Waals surface area contributed by atoms with Crippen LogP contribution in [0.15, 0.2) is 29.3 Å². The molecule has 1 fully saturated rings. The Morgan fingerprint density at radius 3 is 2.69 bits per heavy atom. The molecule has 0 spiro atoms. The second-order valence-electron chi connectivity index (χ2n) is 7.72. The van der Waals surface area contributed by atoms with Gasteiger partial charge < -0.3 is 15.4 Å². The van der Waals surface area contributed by atoms with Gasteiger partial charge in [0.15, 0.2) is 5.96 Å². The molecule has 0 bridgehead atoms. The highest BCUT2D eigenvalue weighted by atomic mass is 19.1. The standard InChI is InChI=1S/C20H33FN4O/c1-16(14-25-8-10-26-11-9-25)13-23-19(22-4)24-15-20(2,3)17-6-5-7-18(21)12-17/h5-7,12,16H,8-11,13-15H2,1-4H3,(H2,22,23,24). The molecule has 1 atom stereocenters. The van der Waals surface area contributed by atoms with E-state index in [0.717, 1.165) is 50.9 Å². The number of rotatable bonds is 7. The molecule has 1 aliphatic heterocycles. The Morgan fingerprint density at radius 1 is 1.31 bits per heavy atom. The average molecular weight is 365 g/mol. The highest BCUT2D eigenvalue weighted by molar-refractivity contribution is 5.79. The van der Waals surface area contributed by atoms with Gasteiger partial charge in [0.1, 0.15) is 5.82 Å². The first kappa shape index (κ1) is 20.6. The molecule has 0 aromatic heterocycles. The second kappa shape index (κ2) is 9.88. The summed E-state index contributed by atoms with van der Waals surface area (Å²) in [6.45, 7) is 12.7. The monoisotopic (exact) mass is 364 g/mol. The van der Waals surface area contributed by atoms with Gasteiger partial charge in [-0.05, 0) is 23.6 Å². The summed E-state index contributed by atoms with van der Waals surface area (Å²) < 4.78 is 18.9. The van der Waals surface area contributed by atoms with Gasteiger partial charge in [0, 0.05) is 45.2 Å². The zero-order valence-corrected chi connectivity index (χ0v) is 16.5. The van der Waals surface area contributed by atoms with Crippen molar-refractivity contribution >= 4 is 5.96 Å². The number of nitrogens with zero attached hydrogens (tertiary/aromatic N) is 2. The zero-order valence-electron chi connectivity index (χ0n) is 16.5.